The van der Waals surface area contributed by atoms with Crippen LogP contribution in [0.2, 0.25) is 0 Å². The van der Waals surface area contributed by atoms with E-state index >= 15 is 0 Å². The molecule has 1 aliphatic heterocycles. The second-order valence-corrected chi connectivity index (χ2v) is 7.60. The van der Waals surface area contributed by atoms with Crippen LogP contribution in [0.5, 0.6) is 0 Å². The predicted octanol–water partition coefficient (Wildman–Crippen LogP) is 3.46. The number of benzene rings is 2. The van der Waals surface area contributed by atoms with Gasteiger partial charge in [0, 0.05) is 37.8 Å². The Labute approximate surface area is 175 Å². The first-order chi connectivity index (χ1) is 14.6. The first-order valence-electron chi connectivity index (χ1n) is 10.2. The number of aromatic nitrogens is 1. The summed E-state index contributed by atoms with van der Waals surface area (Å²) in [6.45, 7) is 3.60. The van der Waals surface area contributed by atoms with Gasteiger partial charge in [0.15, 0.2) is 5.96 Å². The molecule has 6 nitrogen and oxygen atoms in total. The Bertz CT molecular complexity index is 1010. The minimum atomic E-state index is -0.218. The maximum absolute atomic E-state index is 14.5. The van der Waals surface area contributed by atoms with Crippen molar-refractivity contribution in [1.29, 1.82) is 0 Å². The van der Waals surface area contributed by atoms with E-state index in [2.05, 4.69) is 22.1 Å². The van der Waals surface area contributed by atoms with Crippen LogP contribution in [0.1, 0.15) is 11.3 Å². The number of hydrogen-bond acceptors (Lipinski definition) is 4. The molecule has 3 aromatic rings. The van der Waals surface area contributed by atoms with Crippen molar-refractivity contribution in [1.82, 2.24) is 15.0 Å². The number of rotatable bonds is 5. The Morgan fingerprint density at radius 1 is 1.07 bits per heavy atom. The lowest BCUT2D eigenvalue weighted by Gasteiger charge is -2.32. The summed E-state index contributed by atoms with van der Waals surface area (Å²) in [4.78, 5) is 8.65. The fourth-order valence-corrected chi connectivity index (χ4v) is 3.53. The predicted molar refractivity (Wildman–Crippen MR) is 116 cm³/mol. The fourth-order valence-electron chi connectivity index (χ4n) is 3.53. The molecule has 0 aliphatic carbocycles. The number of hydrogen-bond donors (Lipinski definition) is 1. The molecule has 7 heteroatoms. The highest BCUT2D eigenvalue weighted by Gasteiger charge is 2.16. The molecule has 4 rings (SSSR count). The highest BCUT2D eigenvalue weighted by molar-refractivity contribution is 5.80. The molecule has 0 unspecified atom stereocenters. The van der Waals surface area contributed by atoms with Gasteiger partial charge < -0.3 is 20.1 Å². The van der Waals surface area contributed by atoms with Gasteiger partial charge >= 0.3 is 0 Å². The van der Waals surface area contributed by atoms with Gasteiger partial charge in [-0.3, -0.25) is 0 Å². The van der Waals surface area contributed by atoms with E-state index in [0.29, 0.717) is 30.2 Å². The minimum Gasteiger partial charge on any atom is -0.369 e. The number of nitrogens with two attached hydrogens (primary N) is 1. The van der Waals surface area contributed by atoms with E-state index in [1.807, 2.05) is 47.4 Å². The first-order valence-corrected chi connectivity index (χ1v) is 10.2. The number of nitrogens with zero attached hydrogens (tertiary/aromatic N) is 4. The van der Waals surface area contributed by atoms with E-state index in [-0.39, 0.29) is 5.82 Å². The van der Waals surface area contributed by atoms with Gasteiger partial charge in [0.1, 0.15) is 5.82 Å². The molecule has 0 spiro atoms. The number of halogens is 1. The summed E-state index contributed by atoms with van der Waals surface area (Å²) in [5.74, 6) is 0.625. The van der Waals surface area contributed by atoms with Crippen LogP contribution < -0.4 is 5.73 Å². The van der Waals surface area contributed by atoms with Crippen LogP contribution >= 0.6 is 0 Å². The number of guanidine groups is 1. The average Bonchev–Trinajstić information content (AvgIpc) is 3.20. The van der Waals surface area contributed by atoms with E-state index in [9.17, 15) is 4.39 Å². The summed E-state index contributed by atoms with van der Waals surface area (Å²) in [5, 5.41) is 4.07. The van der Waals surface area contributed by atoms with Gasteiger partial charge in [-0.1, -0.05) is 47.6 Å². The summed E-state index contributed by atoms with van der Waals surface area (Å²) < 4.78 is 19.8. The zero-order chi connectivity index (χ0) is 20.9. The fraction of sp³-hybridized carbons (Fsp3) is 0.304. The average molecular weight is 407 g/mol. The largest absolute Gasteiger partial charge is 0.369 e. The van der Waals surface area contributed by atoms with Gasteiger partial charge in [-0.15, -0.1) is 0 Å². The monoisotopic (exact) mass is 407 g/mol. The smallest absolute Gasteiger partial charge is 0.253 e. The van der Waals surface area contributed by atoms with Gasteiger partial charge in [0.2, 0.25) is 0 Å². The molecule has 2 aromatic carbocycles. The van der Waals surface area contributed by atoms with Gasteiger partial charge in [-0.05, 0) is 37.1 Å². The number of likely N-dealkylation sites (N-methyl/N-ethyl adjacent to an activating group) is 1. The number of aryl methyl sites for hydroxylation is 2. The quantitative estimate of drug-likeness (QED) is 0.518. The molecule has 0 saturated carbocycles. The minimum absolute atomic E-state index is 0.218. The first kappa shape index (κ1) is 20.1. The van der Waals surface area contributed by atoms with Crippen molar-refractivity contribution in [3.63, 3.8) is 0 Å². The number of aliphatic imine (C=N–C) groups is 1. The molecule has 0 atom stereocenters. The maximum atomic E-state index is 14.5. The third kappa shape index (κ3) is 4.86. The Kier molecular flexibility index (Phi) is 6.09. The molecule has 1 aromatic heterocycles. The summed E-state index contributed by atoms with van der Waals surface area (Å²) in [7, 11) is 2.09. The Morgan fingerprint density at radius 3 is 2.57 bits per heavy atom. The van der Waals surface area contributed by atoms with Gasteiger partial charge in [-0.25, -0.2) is 4.39 Å². The van der Waals surface area contributed by atoms with Gasteiger partial charge in [-0.2, -0.15) is 4.99 Å². The van der Waals surface area contributed by atoms with Crippen molar-refractivity contribution in [3.05, 3.63) is 71.7 Å². The van der Waals surface area contributed by atoms with Gasteiger partial charge in [0.25, 0.3) is 5.88 Å². The van der Waals surface area contributed by atoms with Crippen LogP contribution in [0, 0.1) is 5.82 Å². The molecule has 30 heavy (non-hydrogen) atoms. The topological polar surface area (TPSA) is 70.9 Å². The van der Waals surface area contributed by atoms with Crippen molar-refractivity contribution in [2.75, 3.05) is 33.2 Å². The SMILES string of the molecule is CN1CCN(C(N)=Nc2cc(CCc3ccc(-c4ccccc4)c(F)c3)no2)CC1. The van der Waals surface area contributed by atoms with Crippen molar-refractivity contribution in [2.45, 2.75) is 12.8 Å². The molecule has 1 saturated heterocycles. The van der Waals surface area contributed by atoms with Crippen LogP contribution in [0.25, 0.3) is 11.1 Å². The zero-order valence-electron chi connectivity index (χ0n) is 17.1. The molecule has 2 heterocycles. The van der Waals surface area contributed by atoms with E-state index in [1.54, 1.807) is 12.1 Å². The summed E-state index contributed by atoms with van der Waals surface area (Å²) in [6.07, 6.45) is 1.30. The third-order valence-electron chi connectivity index (χ3n) is 5.39. The summed E-state index contributed by atoms with van der Waals surface area (Å²) in [6, 6.07) is 16.7. The molecule has 0 bridgehead atoms. The maximum Gasteiger partial charge on any atom is 0.253 e. The summed E-state index contributed by atoms with van der Waals surface area (Å²) >= 11 is 0. The van der Waals surface area contributed by atoms with Crippen molar-refractivity contribution in [2.24, 2.45) is 10.7 Å². The lowest BCUT2D eigenvalue weighted by Crippen LogP contribution is -2.49. The van der Waals surface area contributed by atoms with Crippen molar-refractivity contribution in [3.8, 4) is 11.1 Å². The lowest BCUT2D eigenvalue weighted by molar-refractivity contribution is 0.214. The molecular formula is C23H26FN5O. The molecule has 156 valence electrons. The second kappa shape index (κ2) is 9.09. The van der Waals surface area contributed by atoms with Crippen LogP contribution in [0.3, 0.4) is 0 Å². The second-order valence-electron chi connectivity index (χ2n) is 7.60. The van der Waals surface area contributed by atoms with Gasteiger partial charge in [0.05, 0.1) is 5.69 Å². The van der Waals surface area contributed by atoms with E-state index in [1.165, 1.54) is 0 Å². The number of piperazine rings is 1. The van der Waals surface area contributed by atoms with E-state index in [4.69, 9.17) is 10.3 Å². The lowest BCUT2D eigenvalue weighted by atomic mass is 10.0. The molecule has 1 aliphatic rings. The van der Waals surface area contributed by atoms with Crippen molar-refractivity contribution < 1.29 is 8.91 Å². The molecule has 0 amide bonds. The molecule has 0 radical (unpaired) electrons. The van der Waals surface area contributed by atoms with E-state index < -0.39 is 0 Å². The zero-order valence-corrected chi connectivity index (χ0v) is 17.1. The van der Waals surface area contributed by atoms with Crippen LogP contribution in [0.4, 0.5) is 10.3 Å². The highest BCUT2D eigenvalue weighted by Crippen LogP contribution is 2.24. The van der Waals surface area contributed by atoms with Crippen molar-refractivity contribution >= 4 is 11.8 Å². The normalized spacial score (nSPS) is 15.5. The molecular weight excluding hydrogens is 381 g/mol. The summed E-state index contributed by atoms with van der Waals surface area (Å²) in [5.41, 5.74) is 9.27. The molecule has 2 N–H and O–H groups in total. The third-order valence-corrected chi connectivity index (χ3v) is 5.39. The Balaban J connectivity index is 1.36. The Hall–Kier alpha value is -3.19. The Morgan fingerprint density at radius 2 is 1.83 bits per heavy atom. The molecule has 1 fully saturated rings. The van der Waals surface area contributed by atoms with Crippen LogP contribution in [0.15, 0.2) is 64.1 Å². The van der Waals surface area contributed by atoms with Crippen LogP contribution in [-0.4, -0.2) is 54.1 Å². The van der Waals surface area contributed by atoms with Crippen LogP contribution in [-0.2, 0) is 12.8 Å². The highest BCUT2D eigenvalue weighted by atomic mass is 19.1. The standard InChI is InChI=1S/C23H26FN5O/c1-28-11-13-29(14-12-28)23(25)26-22-16-19(27-30-22)9-7-17-8-10-20(21(24)15-17)18-5-3-2-4-6-18/h2-6,8,10,15-16H,7,9,11-14H2,1H3,(H2,25,26). The van der Waals surface area contributed by atoms with E-state index in [0.717, 1.165) is 43.0 Å².